The number of carbonyl (C=O) groups excluding carboxylic acids is 3. The van der Waals surface area contributed by atoms with E-state index in [1.807, 2.05) is 36.4 Å². The normalized spacial score (nSPS) is 13.5. The highest BCUT2D eigenvalue weighted by molar-refractivity contribution is 5.94. The molecule has 3 amide bonds. The molecule has 0 aliphatic rings. The van der Waals surface area contributed by atoms with E-state index in [2.05, 4.69) is 30.9 Å². The first-order valence-electron chi connectivity index (χ1n) is 14.1. The van der Waals surface area contributed by atoms with E-state index >= 15 is 0 Å². The van der Waals surface area contributed by atoms with Crippen LogP contribution >= 0.6 is 0 Å². The minimum Gasteiger partial charge on any atom is -0.480 e. The number of aliphatic imine (C=N–C) groups is 1. The first-order valence-corrected chi connectivity index (χ1v) is 14.1. The van der Waals surface area contributed by atoms with Gasteiger partial charge in [0.1, 0.15) is 18.1 Å². The number of amides is 3. The molecule has 2 aromatic carbocycles. The molecule has 14 heteroatoms. The molecule has 0 bridgehead atoms. The number of nitrogens with zero attached hydrogens (tertiary/aromatic N) is 2. The van der Waals surface area contributed by atoms with Crippen molar-refractivity contribution in [2.45, 2.75) is 56.3 Å². The first kappa shape index (κ1) is 33.3. The quantitative estimate of drug-likeness (QED) is 0.0553. The van der Waals surface area contributed by atoms with Gasteiger partial charge >= 0.3 is 5.97 Å². The largest absolute Gasteiger partial charge is 0.480 e. The van der Waals surface area contributed by atoms with Crippen LogP contribution in [0.15, 0.2) is 78.2 Å². The van der Waals surface area contributed by atoms with Gasteiger partial charge in [-0.2, -0.15) is 0 Å². The number of hydrogen-bond acceptors (Lipinski definition) is 7. The fraction of sp³-hybridized carbons (Fsp3) is 0.333. The Balaban J connectivity index is 1.77. The van der Waals surface area contributed by atoms with Gasteiger partial charge in [0.05, 0.1) is 12.4 Å². The second kappa shape index (κ2) is 17.0. The van der Waals surface area contributed by atoms with Gasteiger partial charge in [0.25, 0.3) is 0 Å². The summed E-state index contributed by atoms with van der Waals surface area (Å²) in [6, 6.07) is 13.7. The number of aromatic amines is 1. The van der Waals surface area contributed by atoms with Gasteiger partial charge in [-0.25, -0.2) is 9.78 Å². The number of carbonyl (C=O) groups is 4. The third-order valence-corrected chi connectivity index (χ3v) is 6.72. The zero-order valence-corrected chi connectivity index (χ0v) is 24.2. The van der Waals surface area contributed by atoms with Gasteiger partial charge in [-0.1, -0.05) is 60.7 Å². The summed E-state index contributed by atoms with van der Waals surface area (Å²) in [5.74, 6) is -3.28. The second-order valence-corrected chi connectivity index (χ2v) is 10.2. The molecule has 0 saturated carbocycles. The monoisotopic (exact) mass is 605 g/mol. The van der Waals surface area contributed by atoms with Crippen molar-refractivity contribution in [3.8, 4) is 0 Å². The number of nitrogens with one attached hydrogen (secondary N) is 4. The van der Waals surface area contributed by atoms with Crippen LogP contribution in [0.4, 0.5) is 0 Å². The van der Waals surface area contributed by atoms with Crippen molar-refractivity contribution in [1.82, 2.24) is 25.9 Å². The Hall–Kier alpha value is -5.24. The predicted octanol–water partition coefficient (Wildman–Crippen LogP) is -0.642. The number of hydrogen-bond donors (Lipinski definition) is 8. The molecule has 14 nitrogen and oxygen atoms in total. The summed E-state index contributed by atoms with van der Waals surface area (Å²) < 4.78 is 0. The molecule has 0 aliphatic heterocycles. The molecule has 1 aromatic heterocycles. The van der Waals surface area contributed by atoms with Crippen LogP contribution in [0.3, 0.4) is 0 Å². The Morgan fingerprint density at radius 2 is 1.34 bits per heavy atom. The van der Waals surface area contributed by atoms with Gasteiger partial charge < -0.3 is 43.2 Å². The van der Waals surface area contributed by atoms with Crippen LogP contribution in [0.1, 0.15) is 29.7 Å². The fourth-order valence-electron chi connectivity index (χ4n) is 4.43. The summed E-state index contributed by atoms with van der Waals surface area (Å²) in [6.45, 7) is 0.188. The van der Waals surface area contributed by atoms with Crippen LogP contribution in [-0.2, 0) is 38.4 Å². The first-order chi connectivity index (χ1) is 21.1. The summed E-state index contributed by atoms with van der Waals surface area (Å²) in [7, 11) is 0. The van der Waals surface area contributed by atoms with Crippen LogP contribution < -0.4 is 33.2 Å². The van der Waals surface area contributed by atoms with Crippen LogP contribution in [0.2, 0.25) is 0 Å². The Morgan fingerprint density at radius 3 is 1.89 bits per heavy atom. The standard InChI is InChI=1S/C30H39N9O5/c31-22(14-19-8-3-1-4-9-19)26(40)38-25(16-21-17-34-18-36-21)28(42)39-24(15-20-10-5-2-6-11-20)27(41)37-23(29(43)44)12-7-13-35-30(32)33/h1-6,8-11,17-18,22-25H,7,12-16,31H2,(H,34,36)(H,37,41)(H,38,40)(H,39,42)(H,43,44)(H4,32,33,35). The summed E-state index contributed by atoms with van der Waals surface area (Å²) in [5.41, 5.74) is 19.0. The number of H-pyrrole nitrogens is 1. The maximum Gasteiger partial charge on any atom is 0.326 e. The lowest BCUT2D eigenvalue weighted by atomic mass is 10.0. The van der Waals surface area contributed by atoms with E-state index in [1.54, 1.807) is 24.3 Å². The zero-order chi connectivity index (χ0) is 31.9. The molecule has 0 fully saturated rings. The van der Waals surface area contributed by atoms with E-state index in [1.165, 1.54) is 12.5 Å². The van der Waals surface area contributed by atoms with Crippen molar-refractivity contribution >= 4 is 29.7 Å². The molecule has 0 aliphatic carbocycles. The van der Waals surface area contributed by atoms with Crippen molar-refractivity contribution in [2.75, 3.05) is 6.54 Å². The molecular formula is C30H39N9O5. The highest BCUT2D eigenvalue weighted by atomic mass is 16.4. The minimum absolute atomic E-state index is 0.0395. The van der Waals surface area contributed by atoms with Crippen molar-refractivity contribution in [3.63, 3.8) is 0 Å². The number of guanidine groups is 1. The number of rotatable bonds is 17. The average molecular weight is 606 g/mol. The van der Waals surface area contributed by atoms with E-state index in [9.17, 15) is 24.3 Å². The number of benzene rings is 2. The predicted molar refractivity (Wildman–Crippen MR) is 164 cm³/mol. The van der Waals surface area contributed by atoms with Gasteiger partial charge in [-0.15, -0.1) is 0 Å². The van der Waals surface area contributed by atoms with Crippen molar-refractivity contribution in [2.24, 2.45) is 22.2 Å². The Bertz CT molecular complexity index is 1380. The molecule has 44 heavy (non-hydrogen) atoms. The maximum absolute atomic E-state index is 13.6. The molecule has 4 unspecified atom stereocenters. The molecule has 3 rings (SSSR count). The molecule has 1 heterocycles. The molecule has 11 N–H and O–H groups in total. The highest BCUT2D eigenvalue weighted by Gasteiger charge is 2.31. The lowest BCUT2D eigenvalue weighted by molar-refractivity contribution is -0.142. The Kier molecular flexibility index (Phi) is 12.9. The van der Waals surface area contributed by atoms with Crippen LogP contribution in [0, 0.1) is 0 Å². The summed E-state index contributed by atoms with van der Waals surface area (Å²) in [4.78, 5) is 62.8. The van der Waals surface area contributed by atoms with Crippen LogP contribution in [0.25, 0.3) is 0 Å². The molecule has 0 spiro atoms. The smallest absolute Gasteiger partial charge is 0.326 e. The van der Waals surface area contributed by atoms with E-state index in [4.69, 9.17) is 17.2 Å². The van der Waals surface area contributed by atoms with Crippen molar-refractivity contribution < 1.29 is 24.3 Å². The van der Waals surface area contributed by atoms with E-state index in [0.717, 1.165) is 11.1 Å². The molecular weight excluding hydrogens is 566 g/mol. The van der Waals surface area contributed by atoms with Gasteiger partial charge in [-0.3, -0.25) is 19.4 Å². The van der Waals surface area contributed by atoms with Crippen molar-refractivity contribution in [1.29, 1.82) is 0 Å². The number of carboxylic acids is 1. The number of carboxylic acid groups (broad SMARTS) is 1. The number of imidazole rings is 1. The molecule has 4 atom stereocenters. The molecule has 0 saturated heterocycles. The van der Waals surface area contributed by atoms with Crippen LogP contribution in [-0.4, -0.2) is 75.4 Å². The summed E-state index contributed by atoms with van der Waals surface area (Å²) in [5, 5.41) is 17.6. The second-order valence-electron chi connectivity index (χ2n) is 10.2. The molecule has 0 radical (unpaired) electrons. The zero-order valence-electron chi connectivity index (χ0n) is 24.2. The van der Waals surface area contributed by atoms with Gasteiger partial charge in [0.2, 0.25) is 17.7 Å². The summed E-state index contributed by atoms with van der Waals surface area (Å²) in [6.07, 6.45) is 3.68. The number of nitrogens with two attached hydrogens (primary N) is 3. The maximum atomic E-state index is 13.6. The topological polar surface area (TPSA) is 244 Å². The number of aliphatic carboxylic acids is 1. The van der Waals surface area contributed by atoms with Crippen LogP contribution in [0.5, 0.6) is 0 Å². The summed E-state index contributed by atoms with van der Waals surface area (Å²) >= 11 is 0. The fourth-order valence-corrected chi connectivity index (χ4v) is 4.43. The lowest BCUT2D eigenvalue weighted by Gasteiger charge is -2.25. The van der Waals surface area contributed by atoms with Crippen molar-refractivity contribution in [3.05, 3.63) is 90.0 Å². The lowest BCUT2D eigenvalue weighted by Crippen LogP contribution is -2.58. The number of aromatic nitrogens is 2. The van der Waals surface area contributed by atoms with Gasteiger partial charge in [-0.05, 0) is 30.4 Å². The van der Waals surface area contributed by atoms with Gasteiger partial charge in [0, 0.05) is 31.3 Å². The van der Waals surface area contributed by atoms with E-state index in [0.29, 0.717) is 12.1 Å². The average Bonchev–Trinajstić information content (AvgIpc) is 3.52. The third kappa shape index (κ3) is 11.2. The third-order valence-electron chi connectivity index (χ3n) is 6.72. The minimum atomic E-state index is -1.25. The highest BCUT2D eigenvalue weighted by Crippen LogP contribution is 2.08. The molecule has 3 aromatic rings. The Labute approximate surface area is 254 Å². The van der Waals surface area contributed by atoms with E-state index < -0.39 is 47.9 Å². The van der Waals surface area contributed by atoms with E-state index in [-0.39, 0.29) is 38.2 Å². The SMILES string of the molecule is NC(N)=NCCCC(NC(=O)C(Cc1ccccc1)NC(=O)C(Cc1cnc[nH]1)NC(=O)C(N)Cc1ccccc1)C(=O)O. The molecule has 234 valence electrons. The Morgan fingerprint density at radius 1 is 0.795 bits per heavy atom. The van der Waals surface area contributed by atoms with Gasteiger partial charge in [0.15, 0.2) is 5.96 Å².